The zero-order valence-corrected chi connectivity index (χ0v) is 10.7. The average Bonchev–Trinajstić information content (AvgIpc) is 2.93. The van der Waals surface area contributed by atoms with Crippen molar-refractivity contribution in [2.45, 2.75) is 31.5 Å². The van der Waals surface area contributed by atoms with E-state index in [0.29, 0.717) is 17.0 Å². The van der Waals surface area contributed by atoms with Gasteiger partial charge in [0.05, 0.1) is 12.9 Å². The number of imidazole rings is 1. The predicted octanol–water partition coefficient (Wildman–Crippen LogP) is -1.67. The van der Waals surface area contributed by atoms with E-state index in [9.17, 15) is 10.2 Å². The summed E-state index contributed by atoms with van der Waals surface area (Å²) in [4.78, 5) is 12.3. The number of aromatic nitrogens is 4. The number of nitrogens with zero attached hydrogens (tertiary/aromatic N) is 4. The van der Waals surface area contributed by atoms with Gasteiger partial charge in [0.25, 0.3) is 0 Å². The van der Waals surface area contributed by atoms with Crippen LogP contribution in [-0.4, -0.2) is 59.8 Å². The van der Waals surface area contributed by atoms with Crippen LogP contribution in [0.2, 0.25) is 0 Å². The normalized spacial score (nSPS) is 30.2. The van der Waals surface area contributed by atoms with E-state index in [1.807, 2.05) is 0 Å². The summed E-state index contributed by atoms with van der Waals surface area (Å²) in [7, 11) is 0. The minimum Gasteiger partial charge on any atom is -0.394 e. The maximum atomic E-state index is 10.0. The molecule has 20 heavy (non-hydrogen) atoms. The van der Waals surface area contributed by atoms with E-state index in [1.165, 1.54) is 10.9 Å². The zero-order valence-electron chi connectivity index (χ0n) is 10.7. The molecule has 0 saturated carbocycles. The molecule has 9 heteroatoms. The van der Waals surface area contributed by atoms with E-state index in [-0.39, 0.29) is 5.82 Å². The van der Waals surface area contributed by atoms with Gasteiger partial charge in [-0.2, -0.15) is 0 Å². The molecule has 0 radical (unpaired) electrons. The van der Waals surface area contributed by atoms with Crippen molar-refractivity contribution in [1.82, 2.24) is 19.5 Å². The van der Waals surface area contributed by atoms with Crippen molar-refractivity contribution in [1.29, 1.82) is 0 Å². The summed E-state index contributed by atoms with van der Waals surface area (Å²) >= 11 is 0. The van der Waals surface area contributed by atoms with Crippen molar-refractivity contribution in [3.8, 4) is 0 Å². The van der Waals surface area contributed by atoms with Crippen LogP contribution in [0.4, 0.5) is 5.82 Å². The summed E-state index contributed by atoms with van der Waals surface area (Å²) in [6, 6.07) is 0. The number of nitrogens with two attached hydrogens (primary N) is 1. The first kappa shape index (κ1) is 13.2. The molecule has 3 heterocycles. The molecule has 5 N–H and O–H groups in total. The Kier molecular flexibility index (Phi) is 3.05. The summed E-state index contributed by atoms with van der Waals surface area (Å²) in [6.45, 7) is 1.29. The van der Waals surface area contributed by atoms with Crippen LogP contribution in [0, 0.1) is 6.92 Å². The number of hydrogen-bond donors (Lipinski definition) is 4. The van der Waals surface area contributed by atoms with Crippen LogP contribution in [0.1, 0.15) is 12.1 Å². The van der Waals surface area contributed by atoms with Crippen LogP contribution in [0.3, 0.4) is 0 Å². The molecule has 0 spiro atoms. The van der Waals surface area contributed by atoms with Gasteiger partial charge in [0.15, 0.2) is 17.7 Å². The van der Waals surface area contributed by atoms with Crippen molar-refractivity contribution in [2.75, 3.05) is 12.3 Å². The van der Waals surface area contributed by atoms with Gasteiger partial charge in [0.1, 0.15) is 29.7 Å². The highest BCUT2D eigenvalue weighted by Gasteiger charge is 2.44. The zero-order chi connectivity index (χ0) is 14.4. The number of ether oxygens (including phenoxy) is 1. The molecular weight excluding hydrogens is 266 g/mol. The second-order valence-corrected chi connectivity index (χ2v) is 4.71. The van der Waals surface area contributed by atoms with Gasteiger partial charge in [-0.15, -0.1) is 0 Å². The molecule has 0 unspecified atom stereocenters. The first-order valence-corrected chi connectivity index (χ1v) is 6.12. The topological polar surface area (TPSA) is 140 Å². The number of hydrogen-bond acceptors (Lipinski definition) is 8. The van der Waals surface area contributed by atoms with E-state index in [2.05, 4.69) is 15.0 Å². The fourth-order valence-corrected chi connectivity index (χ4v) is 2.35. The number of aryl methyl sites for hydroxylation is 1. The van der Waals surface area contributed by atoms with Gasteiger partial charge in [0.2, 0.25) is 0 Å². The van der Waals surface area contributed by atoms with E-state index >= 15 is 0 Å². The van der Waals surface area contributed by atoms with Crippen LogP contribution < -0.4 is 5.73 Å². The Labute approximate surface area is 113 Å². The number of aliphatic hydroxyl groups excluding tert-OH is 3. The van der Waals surface area contributed by atoms with Crippen LogP contribution in [0.15, 0.2) is 6.33 Å². The van der Waals surface area contributed by atoms with Gasteiger partial charge in [-0.25, -0.2) is 15.0 Å². The third-order valence-corrected chi connectivity index (χ3v) is 3.35. The summed E-state index contributed by atoms with van der Waals surface area (Å²) < 4.78 is 6.92. The maximum Gasteiger partial charge on any atom is 0.167 e. The van der Waals surface area contributed by atoms with Crippen LogP contribution in [0.25, 0.3) is 11.2 Å². The third kappa shape index (κ3) is 1.83. The second kappa shape index (κ2) is 4.63. The van der Waals surface area contributed by atoms with E-state index in [1.54, 1.807) is 6.92 Å². The van der Waals surface area contributed by atoms with Gasteiger partial charge < -0.3 is 25.8 Å². The van der Waals surface area contributed by atoms with Gasteiger partial charge in [-0.05, 0) is 6.92 Å². The Hall–Kier alpha value is -1.81. The average molecular weight is 281 g/mol. The van der Waals surface area contributed by atoms with Crippen molar-refractivity contribution < 1.29 is 20.1 Å². The smallest absolute Gasteiger partial charge is 0.167 e. The lowest BCUT2D eigenvalue weighted by Gasteiger charge is -2.16. The van der Waals surface area contributed by atoms with Crippen molar-refractivity contribution in [3.63, 3.8) is 0 Å². The minimum absolute atomic E-state index is 0.234. The Morgan fingerprint density at radius 1 is 1.35 bits per heavy atom. The fourth-order valence-electron chi connectivity index (χ4n) is 2.35. The van der Waals surface area contributed by atoms with Crippen molar-refractivity contribution in [2.24, 2.45) is 0 Å². The molecule has 2 aromatic rings. The molecule has 3 rings (SSSR count). The molecule has 0 aromatic carbocycles. The number of aliphatic hydroxyl groups is 3. The molecule has 1 aliphatic heterocycles. The Morgan fingerprint density at radius 3 is 2.75 bits per heavy atom. The Balaban J connectivity index is 2.07. The molecule has 1 fully saturated rings. The molecule has 2 aromatic heterocycles. The fraction of sp³-hybridized carbons (Fsp3) is 0.545. The van der Waals surface area contributed by atoms with Gasteiger partial charge >= 0.3 is 0 Å². The van der Waals surface area contributed by atoms with Crippen LogP contribution >= 0.6 is 0 Å². The summed E-state index contributed by atoms with van der Waals surface area (Å²) in [5.74, 6) is 0.696. The monoisotopic (exact) mass is 281 g/mol. The van der Waals surface area contributed by atoms with Crippen LogP contribution in [-0.2, 0) is 4.74 Å². The molecule has 108 valence electrons. The van der Waals surface area contributed by atoms with E-state index < -0.39 is 31.1 Å². The number of nitrogen functional groups attached to an aromatic ring is 1. The first-order valence-electron chi connectivity index (χ1n) is 6.12. The standard InChI is InChI=1S/C11H15N5O4/c1-4-14-9(12)6-10(15-4)16(3-13-6)11-8(19)7(18)5(2-17)20-11/h3,5,7-8,11,17-19H,2H2,1H3,(H2,12,14,15)/t5-,7+,8+,11-/m0/s1. The molecule has 1 saturated heterocycles. The Morgan fingerprint density at radius 2 is 2.10 bits per heavy atom. The lowest BCUT2D eigenvalue weighted by Crippen LogP contribution is -2.33. The first-order chi connectivity index (χ1) is 9.52. The lowest BCUT2D eigenvalue weighted by atomic mass is 10.1. The summed E-state index contributed by atoms with van der Waals surface area (Å²) in [6.07, 6.45) is -2.70. The summed E-state index contributed by atoms with van der Waals surface area (Å²) in [5.41, 5.74) is 6.57. The Bertz CT molecular complexity index is 645. The number of rotatable bonds is 2. The number of fused-ring (bicyclic) bond motifs is 1. The van der Waals surface area contributed by atoms with Gasteiger partial charge in [-0.1, -0.05) is 0 Å². The highest BCUT2D eigenvalue weighted by molar-refractivity contribution is 5.81. The van der Waals surface area contributed by atoms with Crippen molar-refractivity contribution in [3.05, 3.63) is 12.2 Å². The van der Waals surface area contributed by atoms with Gasteiger partial charge in [-0.3, -0.25) is 4.57 Å². The lowest BCUT2D eigenvalue weighted by molar-refractivity contribution is -0.0511. The SMILES string of the molecule is Cc1nc(N)c2ncn([C@H]3O[C@@H](CO)[C@@H](O)[C@H]3O)c2n1. The van der Waals surface area contributed by atoms with Gasteiger partial charge in [0, 0.05) is 0 Å². The minimum atomic E-state index is -1.19. The van der Waals surface area contributed by atoms with E-state index in [0.717, 1.165) is 0 Å². The van der Waals surface area contributed by atoms with Crippen LogP contribution in [0.5, 0.6) is 0 Å². The quantitative estimate of drug-likeness (QED) is 0.512. The largest absolute Gasteiger partial charge is 0.394 e. The molecule has 4 atom stereocenters. The molecular formula is C11H15N5O4. The summed E-state index contributed by atoms with van der Waals surface area (Å²) in [5, 5.41) is 28.9. The van der Waals surface area contributed by atoms with E-state index in [4.69, 9.17) is 15.6 Å². The third-order valence-electron chi connectivity index (χ3n) is 3.35. The van der Waals surface area contributed by atoms with Crippen molar-refractivity contribution >= 4 is 17.0 Å². The predicted molar refractivity (Wildman–Crippen MR) is 67.5 cm³/mol. The second-order valence-electron chi connectivity index (χ2n) is 4.71. The molecule has 0 amide bonds. The highest BCUT2D eigenvalue weighted by atomic mass is 16.6. The molecule has 0 aliphatic carbocycles. The molecule has 9 nitrogen and oxygen atoms in total. The molecule has 1 aliphatic rings. The highest BCUT2D eigenvalue weighted by Crippen LogP contribution is 2.31. The number of anilines is 1. The molecule has 0 bridgehead atoms. The maximum absolute atomic E-state index is 10.0.